The van der Waals surface area contributed by atoms with Crippen molar-refractivity contribution < 1.29 is 9.53 Å². The first-order valence-electron chi connectivity index (χ1n) is 6.78. The van der Waals surface area contributed by atoms with Crippen molar-refractivity contribution in [2.45, 2.75) is 13.8 Å². The molecule has 3 aromatic rings. The maximum atomic E-state index is 12.3. The van der Waals surface area contributed by atoms with Gasteiger partial charge in [0.05, 0.1) is 12.8 Å². The Morgan fingerprint density at radius 1 is 1.29 bits per heavy atom. The largest absolute Gasteiger partial charge is 0.461 e. The van der Waals surface area contributed by atoms with Gasteiger partial charge >= 0.3 is 5.97 Å². The molecule has 0 bridgehead atoms. The van der Waals surface area contributed by atoms with Gasteiger partial charge in [-0.3, -0.25) is 0 Å². The summed E-state index contributed by atoms with van der Waals surface area (Å²) in [5, 5.41) is 4.28. The molecule has 3 rings (SSSR count). The van der Waals surface area contributed by atoms with Crippen LogP contribution in [-0.2, 0) is 4.74 Å². The van der Waals surface area contributed by atoms with Crippen LogP contribution in [0.4, 0.5) is 0 Å². The molecular weight excluding hydrogens is 266 g/mol. The Kier molecular flexibility index (Phi) is 3.39. The second-order valence-corrected chi connectivity index (χ2v) is 4.70. The van der Waals surface area contributed by atoms with Crippen LogP contribution in [0.3, 0.4) is 0 Å². The minimum absolute atomic E-state index is 0.312. The highest BCUT2D eigenvalue weighted by molar-refractivity contribution is 5.95. The van der Waals surface area contributed by atoms with E-state index < -0.39 is 5.97 Å². The maximum Gasteiger partial charge on any atom is 0.359 e. The van der Waals surface area contributed by atoms with Crippen LogP contribution < -0.4 is 0 Å². The summed E-state index contributed by atoms with van der Waals surface area (Å²) >= 11 is 0. The van der Waals surface area contributed by atoms with Crippen molar-refractivity contribution in [1.82, 2.24) is 14.6 Å². The lowest BCUT2D eigenvalue weighted by Gasteiger charge is -2.04. The highest BCUT2D eigenvalue weighted by Crippen LogP contribution is 2.24. The zero-order valence-electron chi connectivity index (χ0n) is 11.9. The molecule has 0 aliphatic rings. The Labute approximate surface area is 122 Å². The highest BCUT2D eigenvalue weighted by atomic mass is 16.5. The third kappa shape index (κ3) is 2.38. The van der Waals surface area contributed by atoms with Crippen molar-refractivity contribution in [3.63, 3.8) is 0 Å². The third-order valence-corrected chi connectivity index (χ3v) is 3.13. The summed E-state index contributed by atoms with van der Waals surface area (Å²) in [5.74, 6) is -0.416. The second-order valence-electron chi connectivity index (χ2n) is 4.70. The van der Waals surface area contributed by atoms with Crippen molar-refractivity contribution >= 4 is 11.6 Å². The number of ether oxygens (including phenoxy) is 1. The lowest BCUT2D eigenvalue weighted by Crippen LogP contribution is -2.11. The van der Waals surface area contributed by atoms with E-state index in [-0.39, 0.29) is 0 Å². The molecule has 0 radical (unpaired) electrons. The zero-order valence-corrected chi connectivity index (χ0v) is 11.9. The summed E-state index contributed by atoms with van der Waals surface area (Å²) in [6.07, 6.45) is 1.70. The molecule has 1 aromatic carbocycles. The van der Waals surface area contributed by atoms with E-state index in [1.54, 1.807) is 13.1 Å². The molecule has 0 saturated carbocycles. The lowest BCUT2D eigenvalue weighted by atomic mass is 10.1. The molecule has 21 heavy (non-hydrogen) atoms. The summed E-state index contributed by atoms with van der Waals surface area (Å²) in [6.45, 7) is 4.03. The smallest absolute Gasteiger partial charge is 0.359 e. The number of imidazole rings is 1. The van der Waals surface area contributed by atoms with E-state index in [2.05, 4.69) is 10.1 Å². The summed E-state index contributed by atoms with van der Waals surface area (Å²) < 4.78 is 6.68. The van der Waals surface area contributed by atoms with Crippen molar-refractivity contribution in [2.75, 3.05) is 6.61 Å². The van der Waals surface area contributed by atoms with E-state index in [1.807, 2.05) is 43.3 Å². The number of aryl methyl sites for hydroxylation is 1. The number of fused-ring (bicyclic) bond motifs is 1. The topological polar surface area (TPSA) is 56.5 Å². The first-order chi connectivity index (χ1) is 10.2. The fourth-order valence-electron chi connectivity index (χ4n) is 2.21. The number of rotatable bonds is 3. The minimum Gasteiger partial charge on any atom is -0.461 e. The molecule has 106 valence electrons. The lowest BCUT2D eigenvalue weighted by molar-refractivity contribution is 0.0517. The Balaban J connectivity index is 2.27. The van der Waals surface area contributed by atoms with E-state index in [0.717, 1.165) is 11.1 Å². The average molecular weight is 281 g/mol. The summed E-state index contributed by atoms with van der Waals surface area (Å²) in [6, 6.07) is 11.5. The zero-order chi connectivity index (χ0) is 14.8. The molecule has 5 heteroatoms. The monoisotopic (exact) mass is 281 g/mol. The predicted molar refractivity (Wildman–Crippen MR) is 79.1 cm³/mol. The fourth-order valence-corrected chi connectivity index (χ4v) is 2.21. The van der Waals surface area contributed by atoms with Gasteiger partial charge < -0.3 is 4.74 Å². The van der Waals surface area contributed by atoms with E-state index in [4.69, 9.17) is 4.74 Å². The van der Waals surface area contributed by atoms with Crippen LogP contribution in [-0.4, -0.2) is 27.2 Å². The number of hydrogen-bond acceptors (Lipinski definition) is 4. The van der Waals surface area contributed by atoms with Gasteiger partial charge in [-0.2, -0.15) is 5.10 Å². The van der Waals surface area contributed by atoms with Gasteiger partial charge in [-0.1, -0.05) is 30.3 Å². The van der Waals surface area contributed by atoms with Crippen LogP contribution in [0.1, 0.15) is 23.0 Å². The molecular formula is C16H15N3O2. The summed E-state index contributed by atoms with van der Waals surface area (Å²) in [7, 11) is 0. The predicted octanol–water partition coefficient (Wildman–Crippen LogP) is 2.88. The number of hydrogen-bond donors (Lipinski definition) is 0. The first kappa shape index (κ1) is 13.3. The van der Waals surface area contributed by atoms with Gasteiger partial charge in [-0.25, -0.2) is 14.3 Å². The van der Waals surface area contributed by atoms with Crippen molar-refractivity contribution in [3.05, 3.63) is 53.9 Å². The summed E-state index contributed by atoms with van der Waals surface area (Å²) in [4.78, 5) is 16.8. The molecule has 0 N–H and O–H groups in total. The molecule has 5 nitrogen and oxygen atoms in total. The van der Waals surface area contributed by atoms with Crippen LogP contribution in [0.15, 0.2) is 42.6 Å². The van der Waals surface area contributed by atoms with Gasteiger partial charge in [0.15, 0.2) is 11.3 Å². The Bertz CT molecular complexity index is 794. The molecule has 0 saturated heterocycles. The number of aromatic nitrogens is 3. The van der Waals surface area contributed by atoms with Crippen LogP contribution >= 0.6 is 0 Å². The minimum atomic E-state index is -0.416. The summed E-state index contributed by atoms with van der Waals surface area (Å²) in [5.41, 5.74) is 3.44. The van der Waals surface area contributed by atoms with E-state index in [9.17, 15) is 4.79 Å². The third-order valence-electron chi connectivity index (χ3n) is 3.13. The molecule has 0 spiro atoms. The standard InChI is InChI=1S/C16H15N3O2/c1-3-21-16(20)15-14(12-7-5-4-6-8-12)18-13-9-11(2)10-17-19(13)15/h4-10H,3H2,1-2H3. The Hall–Kier alpha value is -2.69. The van der Waals surface area contributed by atoms with Gasteiger partial charge in [0.25, 0.3) is 0 Å². The van der Waals surface area contributed by atoms with Gasteiger partial charge in [0.1, 0.15) is 5.69 Å². The van der Waals surface area contributed by atoms with Crippen LogP contribution in [0.5, 0.6) is 0 Å². The average Bonchev–Trinajstić information content (AvgIpc) is 2.87. The van der Waals surface area contributed by atoms with Crippen molar-refractivity contribution in [3.8, 4) is 11.3 Å². The normalized spacial score (nSPS) is 10.8. The quantitative estimate of drug-likeness (QED) is 0.693. The number of nitrogens with zero attached hydrogens (tertiary/aromatic N) is 3. The van der Waals surface area contributed by atoms with Crippen LogP contribution in [0, 0.1) is 6.92 Å². The molecule has 2 aromatic heterocycles. The molecule has 0 fully saturated rings. The van der Waals surface area contributed by atoms with E-state index in [0.29, 0.717) is 23.6 Å². The molecule has 0 unspecified atom stereocenters. The number of carbonyl (C=O) groups is 1. The maximum absolute atomic E-state index is 12.3. The molecule has 0 aliphatic heterocycles. The number of carbonyl (C=O) groups excluding carboxylic acids is 1. The van der Waals surface area contributed by atoms with Crippen molar-refractivity contribution in [2.24, 2.45) is 0 Å². The molecule has 0 atom stereocenters. The highest BCUT2D eigenvalue weighted by Gasteiger charge is 2.22. The van der Waals surface area contributed by atoms with Crippen LogP contribution in [0.25, 0.3) is 16.9 Å². The van der Waals surface area contributed by atoms with E-state index >= 15 is 0 Å². The van der Waals surface area contributed by atoms with Crippen LogP contribution in [0.2, 0.25) is 0 Å². The first-order valence-corrected chi connectivity index (χ1v) is 6.78. The Morgan fingerprint density at radius 3 is 2.76 bits per heavy atom. The molecule has 0 aliphatic carbocycles. The molecule has 0 amide bonds. The number of esters is 1. The van der Waals surface area contributed by atoms with E-state index in [1.165, 1.54) is 4.52 Å². The number of benzene rings is 1. The Morgan fingerprint density at radius 2 is 2.05 bits per heavy atom. The fraction of sp³-hybridized carbons (Fsp3) is 0.188. The second kappa shape index (κ2) is 5.36. The SMILES string of the molecule is CCOC(=O)c1c(-c2ccccc2)nc2cc(C)cnn12. The van der Waals surface area contributed by atoms with Gasteiger partial charge in [-0.05, 0) is 25.5 Å². The van der Waals surface area contributed by atoms with Gasteiger partial charge in [-0.15, -0.1) is 0 Å². The van der Waals surface area contributed by atoms with Gasteiger partial charge in [0, 0.05) is 5.56 Å². The van der Waals surface area contributed by atoms with Crippen molar-refractivity contribution in [1.29, 1.82) is 0 Å². The van der Waals surface area contributed by atoms with Gasteiger partial charge in [0.2, 0.25) is 0 Å². The molecule has 2 heterocycles.